The molecule has 438 valence electrons. The zero-order valence-corrected chi connectivity index (χ0v) is 50.1. The van der Waals surface area contributed by atoms with E-state index in [-0.39, 0.29) is 0 Å². The van der Waals surface area contributed by atoms with Crippen LogP contribution in [0.25, 0.3) is 0 Å². The molecular formula is C68H130O6. The highest BCUT2D eigenvalue weighted by Crippen LogP contribution is 2.16. The lowest BCUT2D eigenvalue weighted by atomic mass is 10.0. The lowest BCUT2D eigenvalue weighted by molar-refractivity contribution is -0.138. The maximum Gasteiger partial charge on any atom is 0.303 e. The van der Waals surface area contributed by atoms with Gasteiger partial charge in [0, 0.05) is 19.3 Å². The smallest absolute Gasteiger partial charge is 0.303 e. The van der Waals surface area contributed by atoms with Crippen molar-refractivity contribution in [2.75, 3.05) is 0 Å². The first-order valence-electron chi connectivity index (χ1n) is 32.9. The van der Waals surface area contributed by atoms with Gasteiger partial charge >= 0.3 is 17.9 Å². The molecule has 0 aromatic rings. The highest BCUT2D eigenvalue weighted by Gasteiger charge is 2.00. The maximum atomic E-state index is 10.4. The fraction of sp³-hybridized carbons (Fsp3) is 0.868. The van der Waals surface area contributed by atoms with E-state index < -0.39 is 17.9 Å². The molecular weight excluding hydrogens is 913 g/mol. The van der Waals surface area contributed by atoms with Gasteiger partial charge in [-0.05, 0) is 96.3 Å². The highest BCUT2D eigenvalue weighted by molar-refractivity contribution is 5.67. The minimum absolute atomic E-state index is 0.337. The summed E-state index contributed by atoms with van der Waals surface area (Å²) in [5.41, 5.74) is 0. The number of allylic oxidation sites excluding steroid dienone is 6. The van der Waals surface area contributed by atoms with Crippen LogP contribution in [0.4, 0.5) is 0 Å². The van der Waals surface area contributed by atoms with Crippen molar-refractivity contribution in [3.05, 3.63) is 36.5 Å². The fourth-order valence-corrected chi connectivity index (χ4v) is 9.52. The fourth-order valence-electron chi connectivity index (χ4n) is 9.52. The molecule has 0 aromatic carbocycles. The predicted octanol–water partition coefficient (Wildman–Crippen LogP) is 23.8. The molecule has 0 aliphatic rings. The number of carboxylic acid groups (broad SMARTS) is 3. The van der Waals surface area contributed by atoms with Gasteiger partial charge in [-0.15, -0.1) is 0 Å². The number of hydrogen-bond donors (Lipinski definition) is 3. The van der Waals surface area contributed by atoms with Gasteiger partial charge in [-0.3, -0.25) is 14.4 Å². The molecule has 0 aliphatic carbocycles. The molecule has 0 radical (unpaired) electrons. The monoisotopic (exact) mass is 1040 g/mol. The average molecular weight is 1040 g/mol. The van der Waals surface area contributed by atoms with E-state index in [4.69, 9.17) is 15.3 Å². The molecule has 74 heavy (non-hydrogen) atoms. The second-order valence-corrected chi connectivity index (χ2v) is 22.1. The minimum Gasteiger partial charge on any atom is -0.481 e. The standard InChI is InChI=1S/C24H46O2.2C22H42O2/c1-2-3-4-5-6-7-8-9-10-11-12-13-14-15-16-17-18-19-20-21-22-23-24(25)26;2*1-2-3-4-5-6-7-8-9-10-11-12-13-14-15-16-17-18-19-20-21-22(23)24/h9-10H,2-8,11-23H2,1H3,(H,25,26);11-12H,2-10,13-21H2,1H3,(H,23,24);9-10H,2-8,11-21H2,1H3,(H,23,24)/b10-9-;12-11+;10-9-. The first kappa shape index (κ1) is 75.9. The number of hydrogen-bond acceptors (Lipinski definition) is 3. The third-order valence-corrected chi connectivity index (χ3v) is 14.5. The van der Waals surface area contributed by atoms with Crippen LogP contribution in [0.5, 0.6) is 0 Å². The van der Waals surface area contributed by atoms with E-state index in [1.165, 1.54) is 302 Å². The zero-order valence-electron chi connectivity index (χ0n) is 50.1. The topological polar surface area (TPSA) is 112 Å². The molecule has 0 saturated carbocycles. The van der Waals surface area contributed by atoms with Crippen LogP contribution in [0.1, 0.15) is 380 Å². The minimum atomic E-state index is -0.659. The lowest BCUT2D eigenvalue weighted by Gasteiger charge is -2.02. The Morgan fingerprint density at radius 3 is 0.459 bits per heavy atom. The van der Waals surface area contributed by atoms with Crippen LogP contribution >= 0.6 is 0 Å². The largest absolute Gasteiger partial charge is 0.481 e. The molecule has 0 bridgehead atoms. The van der Waals surface area contributed by atoms with E-state index in [1.54, 1.807) is 0 Å². The van der Waals surface area contributed by atoms with Crippen molar-refractivity contribution >= 4 is 17.9 Å². The Balaban J connectivity index is -0.00000102. The molecule has 0 unspecified atom stereocenters. The molecule has 0 spiro atoms. The van der Waals surface area contributed by atoms with Gasteiger partial charge in [-0.1, -0.05) is 301 Å². The molecule has 0 atom stereocenters. The summed E-state index contributed by atoms with van der Waals surface area (Å²) in [5.74, 6) is -1.97. The summed E-state index contributed by atoms with van der Waals surface area (Å²) in [6.07, 6.45) is 84.3. The third kappa shape index (κ3) is 83.6. The van der Waals surface area contributed by atoms with Crippen molar-refractivity contribution in [3.63, 3.8) is 0 Å². The van der Waals surface area contributed by atoms with Gasteiger partial charge in [-0.2, -0.15) is 0 Å². The predicted molar refractivity (Wildman–Crippen MR) is 326 cm³/mol. The summed E-state index contributed by atoms with van der Waals surface area (Å²) in [6, 6.07) is 0. The van der Waals surface area contributed by atoms with Gasteiger partial charge in [0.1, 0.15) is 0 Å². The van der Waals surface area contributed by atoms with Crippen molar-refractivity contribution in [2.24, 2.45) is 0 Å². The van der Waals surface area contributed by atoms with Crippen molar-refractivity contribution in [2.45, 2.75) is 380 Å². The molecule has 0 aromatic heterocycles. The SMILES string of the molecule is CCCCCCCC/C=C\CCCCCCCCCCCC(=O)O.CCCCCCCC/C=C\CCCCCCCCCCCCCC(=O)O.CCCCCCCCCC/C=C/CCCCCCCCCC(=O)O. The van der Waals surface area contributed by atoms with E-state index in [1.807, 2.05) is 0 Å². The van der Waals surface area contributed by atoms with Gasteiger partial charge in [0.25, 0.3) is 0 Å². The van der Waals surface area contributed by atoms with E-state index >= 15 is 0 Å². The van der Waals surface area contributed by atoms with Gasteiger partial charge in [0.15, 0.2) is 0 Å². The summed E-state index contributed by atoms with van der Waals surface area (Å²) < 4.78 is 0. The van der Waals surface area contributed by atoms with Crippen LogP contribution in [0, 0.1) is 0 Å². The number of carbonyl (C=O) groups is 3. The van der Waals surface area contributed by atoms with Gasteiger partial charge in [0.2, 0.25) is 0 Å². The summed E-state index contributed by atoms with van der Waals surface area (Å²) in [4.78, 5) is 31.1. The molecule has 0 fully saturated rings. The zero-order chi connectivity index (χ0) is 54.6. The Bertz CT molecular complexity index is 1160. The van der Waals surface area contributed by atoms with Crippen LogP contribution in [-0.4, -0.2) is 33.2 Å². The van der Waals surface area contributed by atoms with Gasteiger partial charge in [-0.25, -0.2) is 0 Å². The van der Waals surface area contributed by atoms with E-state index in [0.29, 0.717) is 19.3 Å². The Morgan fingerprint density at radius 2 is 0.324 bits per heavy atom. The van der Waals surface area contributed by atoms with Gasteiger partial charge in [0.05, 0.1) is 0 Å². The van der Waals surface area contributed by atoms with E-state index in [2.05, 4.69) is 57.2 Å². The Morgan fingerprint density at radius 1 is 0.203 bits per heavy atom. The highest BCUT2D eigenvalue weighted by atomic mass is 16.4. The second kappa shape index (κ2) is 72.7. The summed E-state index contributed by atoms with van der Waals surface area (Å²) >= 11 is 0. The normalized spacial score (nSPS) is 11.4. The molecule has 6 heteroatoms. The van der Waals surface area contributed by atoms with Crippen LogP contribution in [0.3, 0.4) is 0 Å². The Labute approximate surface area is 462 Å². The van der Waals surface area contributed by atoms with Crippen LogP contribution in [0.2, 0.25) is 0 Å². The third-order valence-electron chi connectivity index (χ3n) is 14.5. The van der Waals surface area contributed by atoms with Crippen LogP contribution < -0.4 is 0 Å². The molecule has 0 rings (SSSR count). The first-order valence-corrected chi connectivity index (χ1v) is 32.9. The molecule has 0 aliphatic heterocycles. The van der Waals surface area contributed by atoms with Crippen molar-refractivity contribution in [3.8, 4) is 0 Å². The Hall–Kier alpha value is -2.37. The van der Waals surface area contributed by atoms with Crippen molar-refractivity contribution < 1.29 is 29.7 Å². The lowest BCUT2D eigenvalue weighted by Crippen LogP contribution is -1.93. The first-order chi connectivity index (χ1) is 36.3. The number of carboxylic acids is 3. The van der Waals surface area contributed by atoms with E-state index in [9.17, 15) is 14.4 Å². The van der Waals surface area contributed by atoms with Crippen molar-refractivity contribution in [1.82, 2.24) is 0 Å². The second-order valence-electron chi connectivity index (χ2n) is 22.1. The number of rotatable bonds is 59. The molecule has 6 nitrogen and oxygen atoms in total. The molecule has 0 amide bonds. The molecule has 0 heterocycles. The quantitative estimate of drug-likeness (QED) is 0.0413. The Kier molecular flexibility index (Phi) is 74.5. The molecule has 3 N–H and O–H groups in total. The number of aliphatic carboxylic acids is 3. The summed E-state index contributed by atoms with van der Waals surface area (Å²) in [5, 5.41) is 25.7. The summed E-state index contributed by atoms with van der Waals surface area (Å²) in [7, 11) is 0. The maximum absolute atomic E-state index is 10.4. The van der Waals surface area contributed by atoms with Crippen LogP contribution in [-0.2, 0) is 14.4 Å². The van der Waals surface area contributed by atoms with E-state index in [0.717, 1.165) is 38.5 Å². The van der Waals surface area contributed by atoms with Crippen LogP contribution in [0.15, 0.2) is 36.5 Å². The average Bonchev–Trinajstić information content (AvgIpc) is 3.38. The number of unbranched alkanes of at least 4 members (excludes halogenated alkanes) is 47. The van der Waals surface area contributed by atoms with Crippen molar-refractivity contribution in [1.29, 1.82) is 0 Å². The summed E-state index contributed by atoms with van der Waals surface area (Å²) in [6.45, 7) is 6.82. The van der Waals surface area contributed by atoms with Gasteiger partial charge < -0.3 is 15.3 Å². The molecule has 0 saturated heterocycles.